The summed E-state index contributed by atoms with van der Waals surface area (Å²) in [6.45, 7) is 9.78. The Bertz CT molecular complexity index is 1250. The molecule has 36 heavy (non-hydrogen) atoms. The molecule has 1 saturated heterocycles. The topological polar surface area (TPSA) is 78.8 Å². The molecule has 8 nitrogen and oxygen atoms in total. The number of anilines is 1. The van der Waals surface area contributed by atoms with Crippen molar-refractivity contribution >= 4 is 16.9 Å². The van der Waals surface area contributed by atoms with Gasteiger partial charge in [0.2, 0.25) is 0 Å². The average Bonchev–Trinajstić information content (AvgIpc) is 3.48. The first-order valence-electron chi connectivity index (χ1n) is 14.3. The summed E-state index contributed by atoms with van der Waals surface area (Å²) in [5.41, 5.74) is 5.33. The lowest BCUT2D eigenvalue weighted by molar-refractivity contribution is -0.0178. The van der Waals surface area contributed by atoms with Crippen LogP contribution in [0.2, 0.25) is 0 Å². The summed E-state index contributed by atoms with van der Waals surface area (Å²) >= 11 is 0. The lowest BCUT2D eigenvalue weighted by Crippen LogP contribution is -2.51. The molecule has 2 aliphatic carbocycles. The Morgan fingerprint density at radius 2 is 1.92 bits per heavy atom. The molecule has 2 aliphatic heterocycles. The molecule has 0 amide bonds. The molecule has 7 rings (SSSR count). The van der Waals surface area contributed by atoms with Crippen molar-refractivity contribution in [3.63, 3.8) is 0 Å². The third kappa shape index (κ3) is 3.83. The molecule has 0 radical (unpaired) electrons. The standard InChI is InChI=1S/C28H40N8/c1-19-23-17-35(27-22-16-29-32-26(22)30-20(2)31-27)14-9-25(23)36(33-19)18-28-10-6-7-21(15-28)24(8-11-28)34-12-4-3-5-13-34/h16,21,24H,3-15,17-18H2,1-2H3,(H,29,30,31,32). The summed E-state index contributed by atoms with van der Waals surface area (Å²) in [5.74, 6) is 2.67. The molecule has 2 bridgehead atoms. The Balaban J connectivity index is 1.11. The Morgan fingerprint density at radius 3 is 2.81 bits per heavy atom. The van der Waals surface area contributed by atoms with Crippen LogP contribution in [0.25, 0.3) is 11.0 Å². The van der Waals surface area contributed by atoms with Crippen LogP contribution in [0.4, 0.5) is 5.82 Å². The predicted molar refractivity (Wildman–Crippen MR) is 141 cm³/mol. The fraction of sp³-hybridized carbons (Fsp3) is 0.714. The number of aromatic nitrogens is 6. The van der Waals surface area contributed by atoms with Gasteiger partial charge in [0.05, 0.1) is 17.3 Å². The number of likely N-dealkylation sites (tertiary alicyclic amines) is 1. The van der Waals surface area contributed by atoms with E-state index >= 15 is 0 Å². The molecule has 0 spiro atoms. The van der Waals surface area contributed by atoms with Crippen molar-refractivity contribution < 1.29 is 0 Å². The predicted octanol–water partition coefficient (Wildman–Crippen LogP) is 4.55. The van der Waals surface area contributed by atoms with Crippen molar-refractivity contribution in [1.82, 2.24) is 34.8 Å². The number of nitrogens with zero attached hydrogens (tertiary/aromatic N) is 7. The Kier molecular flexibility index (Phi) is 5.56. The molecule has 192 valence electrons. The molecular weight excluding hydrogens is 448 g/mol. The monoisotopic (exact) mass is 488 g/mol. The Morgan fingerprint density at radius 1 is 1.03 bits per heavy atom. The van der Waals surface area contributed by atoms with Gasteiger partial charge in [0.25, 0.3) is 0 Å². The van der Waals surface area contributed by atoms with E-state index in [4.69, 9.17) is 10.1 Å². The Labute approximate surface area is 213 Å². The molecule has 8 heteroatoms. The lowest BCUT2D eigenvalue weighted by Gasteiger charge is -2.52. The van der Waals surface area contributed by atoms with E-state index in [-0.39, 0.29) is 0 Å². The van der Waals surface area contributed by atoms with E-state index in [0.29, 0.717) is 5.41 Å². The SMILES string of the molecule is Cc1nc(N2CCc3c(c(C)nn3CC34CCCC(C3)C(N3CCCCC3)CC4)C2)c2cn[nH]c2n1. The summed E-state index contributed by atoms with van der Waals surface area (Å²) < 4.78 is 2.43. The van der Waals surface area contributed by atoms with Crippen LogP contribution in [0, 0.1) is 25.2 Å². The smallest absolute Gasteiger partial charge is 0.161 e. The van der Waals surface area contributed by atoms with Gasteiger partial charge in [-0.25, -0.2) is 9.97 Å². The van der Waals surface area contributed by atoms with E-state index in [1.54, 1.807) is 0 Å². The molecular formula is C28H40N8. The molecule has 5 heterocycles. The number of aromatic amines is 1. The molecule has 4 aliphatic rings. The van der Waals surface area contributed by atoms with Gasteiger partial charge in [-0.05, 0) is 83.2 Å². The van der Waals surface area contributed by atoms with E-state index in [1.807, 2.05) is 13.1 Å². The average molecular weight is 489 g/mol. The second-order valence-electron chi connectivity index (χ2n) is 12.1. The third-order valence-electron chi connectivity index (χ3n) is 9.87. The van der Waals surface area contributed by atoms with Gasteiger partial charge in [-0.3, -0.25) is 9.78 Å². The maximum absolute atomic E-state index is 5.16. The molecule has 3 fully saturated rings. The molecule has 3 unspecified atom stereocenters. The lowest BCUT2D eigenvalue weighted by atomic mass is 9.60. The van der Waals surface area contributed by atoms with Gasteiger partial charge in [-0.15, -0.1) is 0 Å². The van der Waals surface area contributed by atoms with Crippen LogP contribution in [-0.4, -0.2) is 60.5 Å². The Hall–Kier alpha value is -2.48. The number of aryl methyl sites for hydroxylation is 2. The minimum absolute atomic E-state index is 0.450. The largest absolute Gasteiger partial charge is 0.351 e. The first-order chi connectivity index (χ1) is 17.6. The quantitative estimate of drug-likeness (QED) is 0.580. The fourth-order valence-corrected chi connectivity index (χ4v) is 8.16. The zero-order valence-corrected chi connectivity index (χ0v) is 22.0. The molecule has 3 aromatic heterocycles. The second kappa shape index (κ2) is 8.82. The van der Waals surface area contributed by atoms with E-state index in [2.05, 4.69) is 36.6 Å². The van der Waals surface area contributed by atoms with Gasteiger partial charge in [0.1, 0.15) is 11.6 Å². The zero-order chi connectivity index (χ0) is 24.3. The van der Waals surface area contributed by atoms with Gasteiger partial charge >= 0.3 is 0 Å². The number of hydrogen-bond donors (Lipinski definition) is 1. The summed E-state index contributed by atoms with van der Waals surface area (Å²) in [4.78, 5) is 14.6. The van der Waals surface area contributed by atoms with Crippen LogP contribution in [0.3, 0.4) is 0 Å². The third-order valence-corrected chi connectivity index (χ3v) is 9.87. The molecule has 2 saturated carbocycles. The number of H-pyrrole nitrogens is 1. The number of nitrogens with one attached hydrogen (secondary N) is 1. The molecule has 0 aromatic carbocycles. The first kappa shape index (κ1) is 22.7. The summed E-state index contributed by atoms with van der Waals surface area (Å²) in [6, 6.07) is 0.844. The number of hydrogen-bond acceptors (Lipinski definition) is 6. The van der Waals surface area contributed by atoms with Crippen LogP contribution >= 0.6 is 0 Å². The van der Waals surface area contributed by atoms with Crippen LogP contribution < -0.4 is 4.90 Å². The molecule has 1 N–H and O–H groups in total. The molecule has 3 aromatic rings. The van der Waals surface area contributed by atoms with E-state index < -0.39 is 0 Å². The summed E-state index contributed by atoms with van der Waals surface area (Å²) in [5, 5.41) is 13.4. The van der Waals surface area contributed by atoms with Crippen molar-refractivity contribution in [2.75, 3.05) is 24.5 Å². The van der Waals surface area contributed by atoms with Crippen molar-refractivity contribution in [1.29, 1.82) is 0 Å². The minimum Gasteiger partial charge on any atom is -0.351 e. The van der Waals surface area contributed by atoms with E-state index in [1.165, 1.54) is 87.8 Å². The maximum atomic E-state index is 5.16. The number of fused-ring (bicyclic) bond motifs is 4. The number of rotatable bonds is 4. The summed E-state index contributed by atoms with van der Waals surface area (Å²) in [6.07, 6.45) is 15.5. The highest BCUT2D eigenvalue weighted by Gasteiger charge is 2.46. The molecule has 3 atom stereocenters. The highest BCUT2D eigenvalue weighted by atomic mass is 15.3. The van der Waals surface area contributed by atoms with Crippen LogP contribution in [0.5, 0.6) is 0 Å². The normalized spacial score (nSPS) is 29.0. The first-order valence-corrected chi connectivity index (χ1v) is 14.3. The van der Waals surface area contributed by atoms with Crippen molar-refractivity contribution in [2.24, 2.45) is 11.3 Å². The highest BCUT2D eigenvalue weighted by molar-refractivity contribution is 5.86. The van der Waals surface area contributed by atoms with E-state index in [0.717, 1.165) is 60.7 Å². The highest BCUT2D eigenvalue weighted by Crippen LogP contribution is 2.51. The van der Waals surface area contributed by atoms with Crippen LogP contribution in [0.15, 0.2) is 6.20 Å². The minimum atomic E-state index is 0.450. The maximum Gasteiger partial charge on any atom is 0.161 e. The van der Waals surface area contributed by atoms with Crippen LogP contribution in [0.1, 0.15) is 80.6 Å². The van der Waals surface area contributed by atoms with Gasteiger partial charge in [-0.2, -0.15) is 10.2 Å². The summed E-state index contributed by atoms with van der Waals surface area (Å²) in [7, 11) is 0. The van der Waals surface area contributed by atoms with Gasteiger partial charge in [0, 0.05) is 43.4 Å². The number of piperidine rings is 1. The van der Waals surface area contributed by atoms with Crippen LogP contribution in [-0.2, 0) is 19.5 Å². The van der Waals surface area contributed by atoms with Crippen molar-refractivity contribution in [3.8, 4) is 0 Å². The van der Waals surface area contributed by atoms with E-state index in [9.17, 15) is 0 Å². The zero-order valence-electron chi connectivity index (χ0n) is 22.0. The van der Waals surface area contributed by atoms with Crippen molar-refractivity contribution in [3.05, 3.63) is 29.0 Å². The second-order valence-corrected chi connectivity index (χ2v) is 12.1. The van der Waals surface area contributed by atoms with Crippen molar-refractivity contribution in [2.45, 2.75) is 97.2 Å². The van der Waals surface area contributed by atoms with Gasteiger partial charge in [0.15, 0.2) is 5.65 Å². The fourth-order valence-electron chi connectivity index (χ4n) is 8.16. The van der Waals surface area contributed by atoms with Gasteiger partial charge < -0.3 is 9.80 Å². The van der Waals surface area contributed by atoms with Gasteiger partial charge in [-0.1, -0.05) is 12.8 Å².